The van der Waals surface area contributed by atoms with Crippen LogP contribution in [0, 0.1) is 5.92 Å². The predicted molar refractivity (Wildman–Crippen MR) is 61.1 cm³/mol. The van der Waals surface area contributed by atoms with Crippen molar-refractivity contribution in [1.82, 2.24) is 4.90 Å². The summed E-state index contributed by atoms with van der Waals surface area (Å²) in [5.74, 6) is 0.677. The molecule has 0 radical (unpaired) electrons. The van der Waals surface area contributed by atoms with Crippen LogP contribution in [-0.4, -0.2) is 10.8 Å². The van der Waals surface area contributed by atoms with Crippen molar-refractivity contribution in [1.29, 1.82) is 0 Å². The van der Waals surface area contributed by atoms with Crippen LogP contribution in [0.2, 0.25) is 0 Å². The number of rotatable bonds is 1. The van der Waals surface area contributed by atoms with Crippen molar-refractivity contribution in [2.24, 2.45) is 5.92 Å². The Morgan fingerprint density at radius 1 is 1.33 bits per heavy atom. The largest absolute Gasteiger partial charge is 0.334 e. The molecule has 1 heterocycles. The maximum absolute atomic E-state index is 11.9. The molecule has 2 nitrogen and oxygen atoms in total. The number of fused-ring (bicyclic) bond motifs is 1. The van der Waals surface area contributed by atoms with Gasteiger partial charge in [-0.05, 0) is 30.0 Å². The molecule has 2 aliphatic rings. The molecule has 0 unspecified atom stereocenters. The van der Waals surface area contributed by atoms with Gasteiger partial charge in [0, 0.05) is 23.5 Å². The van der Waals surface area contributed by atoms with Crippen molar-refractivity contribution in [3.8, 4) is 0 Å². The number of hydrogen-bond acceptors (Lipinski definition) is 1. The summed E-state index contributed by atoms with van der Waals surface area (Å²) in [6, 6.07) is 6.19. The normalized spacial score (nSPS) is 19.1. The first kappa shape index (κ1) is 9.40. The van der Waals surface area contributed by atoms with Gasteiger partial charge in [0.05, 0.1) is 0 Å². The monoisotopic (exact) mass is 265 g/mol. The zero-order valence-electron chi connectivity index (χ0n) is 8.37. The number of carbonyl (C=O) groups is 1. The fourth-order valence-electron chi connectivity index (χ4n) is 2.13. The molecule has 0 aromatic heterocycles. The Morgan fingerprint density at radius 2 is 2.13 bits per heavy atom. The van der Waals surface area contributed by atoms with Crippen LogP contribution in [0.3, 0.4) is 0 Å². The minimum atomic E-state index is 0.332. The van der Waals surface area contributed by atoms with E-state index < -0.39 is 0 Å². The van der Waals surface area contributed by atoms with Crippen LogP contribution in [0.25, 0.3) is 0 Å². The van der Waals surface area contributed by atoms with Gasteiger partial charge in [-0.15, -0.1) is 0 Å². The lowest BCUT2D eigenvalue weighted by Crippen LogP contribution is -2.26. The summed E-state index contributed by atoms with van der Waals surface area (Å²) in [5.41, 5.74) is 2.57. The first-order valence-corrected chi connectivity index (χ1v) is 6.10. The quantitative estimate of drug-likeness (QED) is 0.765. The third-order valence-corrected chi connectivity index (χ3v) is 3.91. The zero-order chi connectivity index (χ0) is 10.4. The smallest absolute Gasteiger partial charge is 0.226 e. The fourth-order valence-corrected chi connectivity index (χ4v) is 2.66. The zero-order valence-corrected chi connectivity index (χ0v) is 9.96. The highest BCUT2D eigenvalue weighted by Gasteiger charge is 2.35. The SMILES string of the molecule is O=C(C1CC1)N1Cc2cccc(Br)c2C1. The molecule has 3 heteroatoms. The summed E-state index contributed by atoms with van der Waals surface area (Å²) in [6.07, 6.45) is 2.18. The topological polar surface area (TPSA) is 20.3 Å². The van der Waals surface area contributed by atoms with Gasteiger partial charge in [0.25, 0.3) is 0 Å². The average Bonchev–Trinajstić information content (AvgIpc) is 2.97. The van der Waals surface area contributed by atoms with Crippen molar-refractivity contribution in [3.63, 3.8) is 0 Å². The van der Waals surface area contributed by atoms with Gasteiger partial charge in [-0.3, -0.25) is 4.79 Å². The Kier molecular flexibility index (Phi) is 2.09. The number of amides is 1. The van der Waals surface area contributed by atoms with E-state index in [0.29, 0.717) is 11.8 Å². The Balaban J connectivity index is 1.85. The minimum absolute atomic E-state index is 0.332. The maximum Gasteiger partial charge on any atom is 0.226 e. The first-order valence-electron chi connectivity index (χ1n) is 5.31. The van der Waals surface area contributed by atoms with E-state index in [2.05, 4.69) is 22.0 Å². The highest BCUT2D eigenvalue weighted by Crippen LogP contribution is 2.35. The second kappa shape index (κ2) is 3.34. The third kappa shape index (κ3) is 1.59. The predicted octanol–water partition coefficient (Wildman–Crippen LogP) is 2.70. The van der Waals surface area contributed by atoms with Gasteiger partial charge in [0.15, 0.2) is 0 Å². The number of carbonyl (C=O) groups excluding carboxylic acids is 1. The molecule has 3 rings (SSSR count). The van der Waals surface area contributed by atoms with E-state index in [1.165, 1.54) is 11.1 Å². The first-order chi connectivity index (χ1) is 7.25. The highest BCUT2D eigenvalue weighted by atomic mass is 79.9. The highest BCUT2D eigenvalue weighted by molar-refractivity contribution is 9.10. The van der Waals surface area contributed by atoms with Gasteiger partial charge < -0.3 is 4.90 Å². The molecule has 0 spiro atoms. The Hall–Kier alpha value is -0.830. The van der Waals surface area contributed by atoms with Crippen molar-refractivity contribution in [2.75, 3.05) is 0 Å². The third-order valence-electron chi connectivity index (χ3n) is 3.16. The molecule has 0 N–H and O–H groups in total. The van der Waals surface area contributed by atoms with Crippen molar-refractivity contribution in [3.05, 3.63) is 33.8 Å². The van der Waals surface area contributed by atoms with Gasteiger partial charge in [-0.2, -0.15) is 0 Å². The molecule has 1 amide bonds. The Morgan fingerprint density at radius 3 is 2.80 bits per heavy atom. The molecule has 15 heavy (non-hydrogen) atoms. The van der Waals surface area contributed by atoms with E-state index >= 15 is 0 Å². The molecular formula is C12H12BrNO. The molecule has 1 aliphatic heterocycles. The van der Waals surface area contributed by atoms with Crippen LogP contribution in [0.5, 0.6) is 0 Å². The van der Waals surface area contributed by atoms with Gasteiger partial charge in [0.2, 0.25) is 5.91 Å². The maximum atomic E-state index is 11.9. The van der Waals surface area contributed by atoms with Gasteiger partial charge in [-0.25, -0.2) is 0 Å². The van der Waals surface area contributed by atoms with Crippen molar-refractivity contribution in [2.45, 2.75) is 25.9 Å². The van der Waals surface area contributed by atoms with E-state index in [-0.39, 0.29) is 0 Å². The lowest BCUT2D eigenvalue weighted by Gasteiger charge is -2.14. The summed E-state index contributed by atoms with van der Waals surface area (Å²) >= 11 is 3.54. The van der Waals surface area contributed by atoms with E-state index in [1.807, 2.05) is 17.0 Å². The number of benzene rings is 1. The molecule has 1 fully saturated rings. The molecule has 0 bridgehead atoms. The summed E-state index contributed by atoms with van der Waals surface area (Å²) in [5, 5.41) is 0. The molecule has 0 saturated heterocycles. The summed E-state index contributed by atoms with van der Waals surface area (Å²) in [6.45, 7) is 1.58. The molecule has 1 aliphatic carbocycles. The second-order valence-electron chi connectivity index (χ2n) is 4.35. The van der Waals surface area contributed by atoms with Crippen LogP contribution in [-0.2, 0) is 17.9 Å². The lowest BCUT2D eigenvalue weighted by atomic mass is 10.1. The molecule has 0 atom stereocenters. The molecule has 1 aromatic carbocycles. The van der Waals surface area contributed by atoms with E-state index in [1.54, 1.807) is 0 Å². The lowest BCUT2D eigenvalue weighted by molar-refractivity contribution is -0.133. The number of halogens is 1. The van der Waals surface area contributed by atoms with E-state index in [0.717, 1.165) is 30.4 Å². The molecule has 1 saturated carbocycles. The fraction of sp³-hybridized carbons (Fsp3) is 0.417. The number of hydrogen-bond donors (Lipinski definition) is 0. The second-order valence-corrected chi connectivity index (χ2v) is 5.20. The number of nitrogens with zero attached hydrogens (tertiary/aromatic N) is 1. The summed E-state index contributed by atoms with van der Waals surface area (Å²) in [4.78, 5) is 13.9. The van der Waals surface area contributed by atoms with E-state index in [4.69, 9.17) is 0 Å². The standard InChI is InChI=1S/C12H12BrNO/c13-11-3-1-2-9-6-14(7-10(9)11)12(15)8-4-5-8/h1-3,8H,4-7H2. The van der Waals surface area contributed by atoms with Gasteiger partial charge >= 0.3 is 0 Å². The van der Waals surface area contributed by atoms with Crippen LogP contribution >= 0.6 is 15.9 Å². The van der Waals surface area contributed by atoms with Crippen molar-refractivity contribution < 1.29 is 4.79 Å². The van der Waals surface area contributed by atoms with Crippen LogP contribution in [0.15, 0.2) is 22.7 Å². The van der Waals surface area contributed by atoms with Gasteiger partial charge in [0.1, 0.15) is 0 Å². The Bertz CT molecular complexity index is 426. The van der Waals surface area contributed by atoms with Crippen LogP contribution < -0.4 is 0 Å². The molecular weight excluding hydrogens is 254 g/mol. The molecule has 78 valence electrons. The Labute approximate surface area is 97.4 Å². The van der Waals surface area contributed by atoms with Crippen molar-refractivity contribution >= 4 is 21.8 Å². The summed E-state index contributed by atoms with van der Waals surface area (Å²) in [7, 11) is 0. The van der Waals surface area contributed by atoms with Gasteiger partial charge in [-0.1, -0.05) is 28.1 Å². The van der Waals surface area contributed by atoms with Crippen LogP contribution in [0.4, 0.5) is 0 Å². The molecule has 1 aromatic rings. The van der Waals surface area contributed by atoms with Crippen LogP contribution in [0.1, 0.15) is 24.0 Å². The van der Waals surface area contributed by atoms with E-state index in [9.17, 15) is 4.79 Å². The summed E-state index contributed by atoms with van der Waals surface area (Å²) < 4.78 is 1.13. The average molecular weight is 266 g/mol. The minimum Gasteiger partial charge on any atom is -0.334 e.